The van der Waals surface area contributed by atoms with Crippen LogP contribution in [0.4, 0.5) is 4.79 Å². The van der Waals surface area contributed by atoms with Gasteiger partial charge in [-0.05, 0) is 49.0 Å². The van der Waals surface area contributed by atoms with Gasteiger partial charge in [-0.2, -0.15) is 11.8 Å². The molecule has 29 heavy (non-hydrogen) atoms. The van der Waals surface area contributed by atoms with E-state index < -0.39 is 12.1 Å². The fraction of sp³-hybridized carbons (Fsp3) is 0.550. The van der Waals surface area contributed by atoms with E-state index in [4.69, 9.17) is 4.74 Å². The van der Waals surface area contributed by atoms with Crippen molar-refractivity contribution >= 4 is 29.6 Å². The van der Waals surface area contributed by atoms with Gasteiger partial charge in [0.15, 0.2) is 0 Å². The summed E-state index contributed by atoms with van der Waals surface area (Å²) in [6.45, 7) is 0.158. The normalized spacial score (nSPS) is 17.2. The summed E-state index contributed by atoms with van der Waals surface area (Å²) in [4.78, 5) is 37.9. The molecule has 1 aliphatic heterocycles. The Labute approximate surface area is 175 Å². The minimum absolute atomic E-state index is 0.110. The zero-order valence-corrected chi connectivity index (χ0v) is 17.7. The molecule has 0 radical (unpaired) electrons. The zero-order valence-electron chi connectivity index (χ0n) is 16.8. The largest absolute Gasteiger partial charge is 0.497 e. The van der Waals surface area contributed by atoms with Crippen LogP contribution in [0, 0.1) is 0 Å². The van der Waals surface area contributed by atoms with Crippen LogP contribution in [0.25, 0.3) is 0 Å². The first kappa shape index (κ1) is 23.0. The van der Waals surface area contributed by atoms with Crippen LogP contribution < -0.4 is 15.4 Å². The minimum Gasteiger partial charge on any atom is -0.497 e. The van der Waals surface area contributed by atoms with E-state index in [1.165, 1.54) is 4.90 Å². The standard InChI is InChI=1S/C20H29N3O5S/c1-28-16-5-3-14(4-6-16)9-11-23-19(26)17(22-20(23)27)7-8-18(25)21-15(13-24)10-12-29-2/h3-6,15,17,24H,7-13H2,1-2H3,(H,21,25)(H,22,27)/t15-,17+/m0/s1. The number of methoxy groups -OCH3 is 1. The molecule has 0 saturated carbocycles. The third kappa shape index (κ3) is 6.93. The third-order valence-corrected chi connectivity index (χ3v) is 5.45. The first-order chi connectivity index (χ1) is 14.0. The van der Waals surface area contributed by atoms with Gasteiger partial charge in [-0.15, -0.1) is 0 Å². The Balaban J connectivity index is 1.79. The van der Waals surface area contributed by atoms with Gasteiger partial charge < -0.3 is 20.5 Å². The molecule has 0 bridgehead atoms. The number of carbonyl (C=O) groups is 3. The first-order valence-corrected chi connectivity index (χ1v) is 11.0. The zero-order chi connectivity index (χ0) is 21.2. The summed E-state index contributed by atoms with van der Waals surface area (Å²) in [7, 11) is 1.59. The number of ether oxygens (including phenoxy) is 1. The van der Waals surface area contributed by atoms with Gasteiger partial charge in [-0.3, -0.25) is 14.5 Å². The van der Waals surface area contributed by atoms with Crippen molar-refractivity contribution in [2.24, 2.45) is 0 Å². The van der Waals surface area contributed by atoms with Gasteiger partial charge in [0.05, 0.1) is 19.8 Å². The van der Waals surface area contributed by atoms with Crippen LogP contribution in [0.3, 0.4) is 0 Å². The molecule has 1 saturated heterocycles. The minimum atomic E-state index is -0.692. The lowest BCUT2D eigenvalue weighted by atomic mass is 10.1. The third-order valence-electron chi connectivity index (χ3n) is 4.81. The van der Waals surface area contributed by atoms with Crippen LogP contribution in [0.15, 0.2) is 24.3 Å². The number of nitrogens with zero attached hydrogens (tertiary/aromatic N) is 1. The number of rotatable bonds is 12. The average molecular weight is 424 g/mol. The van der Waals surface area contributed by atoms with Crippen molar-refractivity contribution in [2.75, 3.05) is 32.3 Å². The Bertz CT molecular complexity index is 698. The molecular formula is C20H29N3O5S. The van der Waals surface area contributed by atoms with E-state index in [2.05, 4.69) is 10.6 Å². The molecule has 0 aromatic heterocycles. The molecule has 0 spiro atoms. The lowest BCUT2D eigenvalue weighted by Crippen LogP contribution is -2.39. The number of amides is 4. The van der Waals surface area contributed by atoms with E-state index in [0.29, 0.717) is 12.8 Å². The number of hydrogen-bond donors (Lipinski definition) is 3. The molecule has 2 rings (SSSR count). The number of carbonyl (C=O) groups excluding carboxylic acids is 3. The number of imide groups is 1. The highest BCUT2D eigenvalue weighted by Gasteiger charge is 2.37. The number of benzene rings is 1. The van der Waals surface area contributed by atoms with Crippen LogP contribution in [0.1, 0.15) is 24.8 Å². The molecule has 1 heterocycles. The van der Waals surface area contributed by atoms with Crippen LogP contribution in [0.2, 0.25) is 0 Å². The fourth-order valence-electron chi connectivity index (χ4n) is 3.06. The quantitative estimate of drug-likeness (QED) is 0.436. The monoisotopic (exact) mass is 423 g/mol. The topological polar surface area (TPSA) is 108 Å². The van der Waals surface area contributed by atoms with Crippen molar-refractivity contribution in [2.45, 2.75) is 37.8 Å². The van der Waals surface area contributed by atoms with Crippen molar-refractivity contribution in [3.8, 4) is 5.75 Å². The molecule has 4 amide bonds. The van der Waals surface area contributed by atoms with Gasteiger partial charge >= 0.3 is 6.03 Å². The van der Waals surface area contributed by atoms with Crippen LogP contribution >= 0.6 is 11.8 Å². The average Bonchev–Trinajstić information content (AvgIpc) is 3.01. The van der Waals surface area contributed by atoms with E-state index in [9.17, 15) is 19.5 Å². The molecule has 2 atom stereocenters. The summed E-state index contributed by atoms with van der Waals surface area (Å²) in [5.74, 6) is 1.05. The van der Waals surface area contributed by atoms with Crippen molar-refractivity contribution in [3.63, 3.8) is 0 Å². The number of aliphatic hydroxyl groups excluding tert-OH is 1. The summed E-state index contributed by atoms with van der Waals surface area (Å²) >= 11 is 1.65. The number of aliphatic hydroxyl groups is 1. The SMILES string of the molecule is COc1ccc(CCN2C(=O)N[C@H](CCC(=O)N[C@H](CO)CCSC)C2=O)cc1. The Morgan fingerprint density at radius 3 is 2.69 bits per heavy atom. The molecule has 0 aliphatic carbocycles. The Hall–Kier alpha value is -2.26. The Kier molecular flexibility index (Phi) is 9.27. The van der Waals surface area contributed by atoms with Gasteiger partial charge in [0.25, 0.3) is 5.91 Å². The highest BCUT2D eigenvalue weighted by Crippen LogP contribution is 2.15. The van der Waals surface area contributed by atoms with Gasteiger partial charge in [0, 0.05) is 13.0 Å². The number of urea groups is 1. The molecule has 9 heteroatoms. The second-order valence-corrected chi connectivity index (χ2v) is 7.84. The van der Waals surface area contributed by atoms with E-state index >= 15 is 0 Å². The van der Waals surface area contributed by atoms with Gasteiger partial charge in [-0.1, -0.05) is 12.1 Å². The summed E-state index contributed by atoms with van der Waals surface area (Å²) in [6.07, 6.45) is 3.53. The first-order valence-electron chi connectivity index (χ1n) is 9.62. The van der Waals surface area contributed by atoms with Crippen molar-refractivity contribution in [3.05, 3.63) is 29.8 Å². The lowest BCUT2D eigenvalue weighted by Gasteiger charge is -2.16. The van der Waals surface area contributed by atoms with Gasteiger partial charge in [0.2, 0.25) is 5.91 Å². The lowest BCUT2D eigenvalue weighted by molar-refractivity contribution is -0.127. The molecular weight excluding hydrogens is 394 g/mol. The van der Waals surface area contributed by atoms with E-state index in [-0.39, 0.29) is 43.8 Å². The van der Waals surface area contributed by atoms with Crippen LogP contribution in [0.5, 0.6) is 5.75 Å². The number of thioether (sulfide) groups is 1. The number of nitrogens with one attached hydrogen (secondary N) is 2. The number of hydrogen-bond acceptors (Lipinski definition) is 6. The van der Waals surface area contributed by atoms with E-state index in [1.807, 2.05) is 30.5 Å². The van der Waals surface area contributed by atoms with Crippen LogP contribution in [-0.2, 0) is 16.0 Å². The van der Waals surface area contributed by atoms with Crippen molar-refractivity contribution in [1.29, 1.82) is 0 Å². The molecule has 1 aliphatic rings. The summed E-state index contributed by atoms with van der Waals surface area (Å²) < 4.78 is 5.12. The van der Waals surface area contributed by atoms with Crippen LogP contribution in [-0.4, -0.2) is 72.2 Å². The molecule has 1 aromatic carbocycles. The maximum absolute atomic E-state index is 12.5. The Morgan fingerprint density at radius 2 is 2.07 bits per heavy atom. The van der Waals surface area contributed by atoms with Crippen molar-refractivity contribution < 1.29 is 24.2 Å². The fourth-order valence-corrected chi connectivity index (χ4v) is 3.58. The maximum atomic E-state index is 12.5. The molecule has 160 valence electrons. The summed E-state index contributed by atoms with van der Waals surface area (Å²) in [5, 5.41) is 14.7. The predicted octanol–water partition coefficient (Wildman–Crippen LogP) is 1.17. The predicted molar refractivity (Wildman–Crippen MR) is 112 cm³/mol. The van der Waals surface area contributed by atoms with Crippen molar-refractivity contribution in [1.82, 2.24) is 15.5 Å². The smallest absolute Gasteiger partial charge is 0.324 e. The molecule has 3 N–H and O–H groups in total. The highest BCUT2D eigenvalue weighted by molar-refractivity contribution is 7.98. The molecule has 0 unspecified atom stereocenters. The summed E-state index contributed by atoms with van der Waals surface area (Å²) in [5.41, 5.74) is 0.995. The van der Waals surface area contributed by atoms with Gasteiger partial charge in [0.1, 0.15) is 11.8 Å². The Morgan fingerprint density at radius 1 is 1.34 bits per heavy atom. The second kappa shape index (κ2) is 11.7. The van der Waals surface area contributed by atoms with Gasteiger partial charge in [-0.25, -0.2) is 4.79 Å². The maximum Gasteiger partial charge on any atom is 0.324 e. The summed E-state index contributed by atoms with van der Waals surface area (Å²) in [6, 6.07) is 6.06. The second-order valence-electron chi connectivity index (χ2n) is 6.86. The molecule has 1 fully saturated rings. The highest BCUT2D eigenvalue weighted by atomic mass is 32.2. The molecule has 1 aromatic rings. The van der Waals surface area contributed by atoms with E-state index in [1.54, 1.807) is 18.9 Å². The molecule has 8 nitrogen and oxygen atoms in total. The van der Waals surface area contributed by atoms with E-state index in [0.717, 1.165) is 17.1 Å².